The SMILES string of the molecule is C=CCCC(=O)NC[C@H](C)OC(=O)[C@@H]1[C@@H]2CC[C@]3(O2)[C@H](C(=O)N(CC=C)c2ccc(N(CC)CC)cc2)N([C@H](CO)c2ccccc2)C(=O)[C@@H]13. The molecular formula is C39H50N4O7. The molecule has 3 aliphatic rings. The lowest BCUT2D eigenvalue weighted by Crippen LogP contribution is -2.57. The Kier molecular flexibility index (Phi) is 11.8. The van der Waals surface area contributed by atoms with Crippen molar-refractivity contribution in [1.82, 2.24) is 10.2 Å². The summed E-state index contributed by atoms with van der Waals surface area (Å²) in [7, 11) is 0. The largest absolute Gasteiger partial charge is 0.460 e. The van der Waals surface area contributed by atoms with Crippen molar-refractivity contribution in [3.8, 4) is 0 Å². The number of anilines is 2. The number of carbonyl (C=O) groups excluding carboxylic acids is 4. The lowest BCUT2D eigenvalue weighted by atomic mass is 9.70. The number of amides is 3. The van der Waals surface area contributed by atoms with Crippen LogP contribution >= 0.6 is 0 Å². The third-order valence-corrected chi connectivity index (χ3v) is 10.3. The van der Waals surface area contributed by atoms with Gasteiger partial charge < -0.3 is 34.6 Å². The lowest BCUT2D eigenvalue weighted by Gasteiger charge is -2.39. The van der Waals surface area contributed by atoms with E-state index in [9.17, 15) is 19.5 Å². The van der Waals surface area contributed by atoms with Crippen LogP contribution in [0.1, 0.15) is 58.1 Å². The Hall–Kier alpha value is -4.48. The van der Waals surface area contributed by atoms with Crippen LogP contribution in [0.4, 0.5) is 11.4 Å². The van der Waals surface area contributed by atoms with Gasteiger partial charge in [-0.2, -0.15) is 0 Å². The summed E-state index contributed by atoms with van der Waals surface area (Å²) in [6, 6.07) is 14.8. The number of aliphatic hydroxyl groups is 1. The molecule has 3 heterocycles. The number of likely N-dealkylation sites (tertiary alicyclic amines) is 1. The van der Waals surface area contributed by atoms with Crippen molar-refractivity contribution >= 4 is 35.1 Å². The van der Waals surface area contributed by atoms with E-state index in [4.69, 9.17) is 9.47 Å². The summed E-state index contributed by atoms with van der Waals surface area (Å²) in [4.78, 5) is 61.0. The predicted molar refractivity (Wildman–Crippen MR) is 191 cm³/mol. The molecule has 11 heteroatoms. The second-order valence-corrected chi connectivity index (χ2v) is 13.2. The third kappa shape index (κ3) is 6.93. The summed E-state index contributed by atoms with van der Waals surface area (Å²) < 4.78 is 12.5. The lowest BCUT2D eigenvalue weighted by molar-refractivity contribution is -0.159. The van der Waals surface area contributed by atoms with Crippen molar-refractivity contribution in [2.75, 3.05) is 42.6 Å². The number of hydrogen-bond donors (Lipinski definition) is 2. The van der Waals surface area contributed by atoms with E-state index in [1.807, 2.05) is 54.6 Å². The highest BCUT2D eigenvalue weighted by Crippen LogP contribution is 2.60. The van der Waals surface area contributed by atoms with Crippen LogP contribution < -0.4 is 15.1 Å². The fourth-order valence-electron chi connectivity index (χ4n) is 7.93. The minimum absolute atomic E-state index is 0.112. The van der Waals surface area contributed by atoms with Crippen LogP contribution in [0.15, 0.2) is 79.9 Å². The molecule has 0 aliphatic carbocycles. The average molecular weight is 687 g/mol. The Morgan fingerprint density at radius 2 is 1.76 bits per heavy atom. The van der Waals surface area contributed by atoms with Crippen LogP contribution in [-0.2, 0) is 28.7 Å². The Morgan fingerprint density at radius 3 is 2.38 bits per heavy atom. The normalized spacial score (nSPS) is 24.6. The van der Waals surface area contributed by atoms with Crippen LogP contribution in [0.2, 0.25) is 0 Å². The number of carbonyl (C=O) groups is 4. The van der Waals surface area contributed by atoms with Crippen LogP contribution in [0.25, 0.3) is 0 Å². The summed E-state index contributed by atoms with van der Waals surface area (Å²) in [5, 5.41) is 13.6. The molecule has 0 aromatic heterocycles. The molecule has 3 amide bonds. The highest BCUT2D eigenvalue weighted by Gasteiger charge is 2.75. The van der Waals surface area contributed by atoms with Crippen LogP contribution in [0, 0.1) is 11.8 Å². The molecular weight excluding hydrogens is 636 g/mol. The molecule has 3 fully saturated rings. The minimum Gasteiger partial charge on any atom is -0.460 e. The first-order valence-electron chi connectivity index (χ1n) is 17.7. The van der Waals surface area contributed by atoms with E-state index in [0.29, 0.717) is 30.5 Å². The molecule has 11 nitrogen and oxygen atoms in total. The van der Waals surface area contributed by atoms with Crippen LogP contribution in [0.3, 0.4) is 0 Å². The number of aliphatic hydroxyl groups excluding tert-OH is 1. The van der Waals surface area contributed by atoms with Gasteiger partial charge in [0.1, 0.15) is 17.7 Å². The van der Waals surface area contributed by atoms with E-state index in [1.54, 1.807) is 24.0 Å². The first-order valence-corrected chi connectivity index (χ1v) is 17.7. The second kappa shape index (κ2) is 16.0. The number of nitrogens with one attached hydrogen (secondary N) is 1. The molecule has 2 aromatic carbocycles. The molecule has 0 saturated carbocycles. The van der Waals surface area contributed by atoms with Gasteiger partial charge in [-0.05, 0) is 69.9 Å². The zero-order chi connectivity index (χ0) is 36.0. The van der Waals surface area contributed by atoms with Gasteiger partial charge in [0.25, 0.3) is 5.91 Å². The molecule has 0 radical (unpaired) electrons. The Balaban J connectivity index is 1.50. The smallest absolute Gasteiger partial charge is 0.312 e. The van der Waals surface area contributed by atoms with Gasteiger partial charge in [0, 0.05) is 37.4 Å². The number of ether oxygens (including phenoxy) is 2. The molecule has 2 bridgehead atoms. The molecule has 50 heavy (non-hydrogen) atoms. The maximum absolute atomic E-state index is 15.0. The third-order valence-electron chi connectivity index (χ3n) is 10.3. The van der Waals surface area contributed by atoms with E-state index in [-0.39, 0.29) is 31.3 Å². The summed E-state index contributed by atoms with van der Waals surface area (Å²) in [6.45, 7) is 14.9. The van der Waals surface area contributed by atoms with Gasteiger partial charge in [-0.15, -0.1) is 13.2 Å². The van der Waals surface area contributed by atoms with Gasteiger partial charge in [-0.3, -0.25) is 19.2 Å². The van der Waals surface area contributed by atoms with Gasteiger partial charge in [-0.25, -0.2) is 0 Å². The van der Waals surface area contributed by atoms with Gasteiger partial charge in [-0.1, -0.05) is 42.5 Å². The summed E-state index contributed by atoms with van der Waals surface area (Å²) >= 11 is 0. The number of fused-ring (bicyclic) bond motifs is 1. The van der Waals surface area contributed by atoms with Gasteiger partial charge >= 0.3 is 5.97 Å². The topological polar surface area (TPSA) is 129 Å². The van der Waals surface area contributed by atoms with Crippen molar-refractivity contribution in [3.63, 3.8) is 0 Å². The summed E-state index contributed by atoms with van der Waals surface area (Å²) in [5.41, 5.74) is 1.000. The minimum atomic E-state index is -1.31. The molecule has 0 unspecified atom stereocenters. The quantitative estimate of drug-likeness (QED) is 0.188. The maximum Gasteiger partial charge on any atom is 0.312 e. The number of nitrogens with zero attached hydrogens (tertiary/aromatic N) is 3. The van der Waals surface area contributed by atoms with Crippen molar-refractivity contribution in [1.29, 1.82) is 0 Å². The maximum atomic E-state index is 15.0. The molecule has 7 atom stereocenters. The highest BCUT2D eigenvalue weighted by atomic mass is 16.6. The first-order chi connectivity index (χ1) is 24.1. The number of benzene rings is 2. The zero-order valence-electron chi connectivity index (χ0n) is 29.3. The fraction of sp³-hybridized carbons (Fsp3) is 0.487. The molecule has 3 aliphatic heterocycles. The van der Waals surface area contributed by atoms with Crippen LogP contribution in [0.5, 0.6) is 0 Å². The molecule has 5 rings (SSSR count). The van der Waals surface area contributed by atoms with Crippen molar-refractivity contribution in [2.24, 2.45) is 11.8 Å². The number of esters is 1. The summed E-state index contributed by atoms with van der Waals surface area (Å²) in [6.07, 6.45) is 3.68. The highest BCUT2D eigenvalue weighted by molar-refractivity contribution is 6.05. The number of rotatable bonds is 17. The van der Waals surface area contributed by atoms with Crippen molar-refractivity contribution < 1.29 is 33.8 Å². The van der Waals surface area contributed by atoms with Gasteiger partial charge in [0.2, 0.25) is 11.8 Å². The average Bonchev–Trinajstić information content (AvgIpc) is 3.78. The van der Waals surface area contributed by atoms with E-state index < -0.39 is 60.2 Å². The standard InChI is InChI=1S/C39H50N4O7/c1-6-10-16-32(45)40-24-26(5)49-38(48)33-31-21-22-39(50-31)34(33)36(46)43(30(25-44)27-14-12-11-13-15-27)35(39)37(47)42(23-7-2)29-19-17-28(18-20-29)41(8-3)9-4/h6-7,11-15,17-20,26,30-31,33-35,44H,1-2,8-10,16,21-25H2,3-5H3,(H,40,45)/t26-,30+,31-,33+,34+,35-,39+/m0/s1. The molecule has 268 valence electrons. The Bertz CT molecular complexity index is 1550. The van der Waals surface area contributed by atoms with E-state index in [1.165, 1.54) is 4.90 Å². The van der Waals surface area contributed by atoms with Gasteiger partial charge in [0.15, 0.2) is 0 Å². The predicted octanol–water partition coefficient (Wildman–Crippen LogP) is 4.17. The second-order valence-electron chi connectivity index (χ2n) is 13.2. The van der Waals surface area contributed by atoms with Crippen molar-refractivity contribution in [3.05, 3.63) is 85.5 Å². The van der Waals surface area contributed by atoms with E-state index in [0.717, 1.165) is 18.8 Å². The van der Waals surface area contributed by atoms with E-state index in [2.05, 4.69) is 37.2 Å². The zero-order valence-corrected chi connectivity index (χ0v) is 29.3. The summed E-state index contributed by atoms with van der Waals surface area (Å²) in [5.74, 6) is -3.55. The molecule has 2 N–H and O–H groups in total. The first kappa shape index (κ1) is 36.8. The number of allylic oxidation sites excluding steroid dienone is 1. The van der Waals surface area contributed by atoms with Gasteiger partial charge in [0.05, 0.1) is 37.1 Å². The molecule has 3 saturated heterocycles. The fourth-order valence-corrected chi connectivity index (χ4v) is 7.93. The number of hydrogen-bond acceptors (Lipinski definition) is 8. The monoisotopic (exact) mass is 686 g/mol. The Morgan fingerprint density at radius 1 is 1.08 bits per heavy atom. The molecule has 2 aromatic rings. The molecule has 1 spiro atoms. The van der Waals surface area contributed by atoms with Crippen LogP contribution in [-0.4, -0.2) is 90.3 Å². The van der Waals surface area contributed by atoms with E-state index >= 15 is 4.79 Å². The van der Waals surface area contributed by atoms with Crippen molar-refractivity contribution in [2.45, 2.75) is 76.3 Å². The Labute approximate surface area is 294 Å².